The van der Waals surface area contributed by atoms with E-state index in [1.807, 2.05) is 35.9 Å². The van der Waals surface area contributed by atoms with E-state index in [0.717, 1.165) is 22.5 Å². The molecule has 4 rings (SSSR count). The van der Waals surface area contributed by atoms with Gasteiger partial charge in [-0.1, -0.05) is 18.2 Å². The average Bonchev–Trinajstić information content (AvgIpc) is 3.14. The number of halogens is 1. The fourth-order valence-electron chi connectivity index (χ4n) is 3.21. The van der Waals surface area contributed by atoms with Crippen molar-refractivity contribution in [3.05, 3.63) is 71.4 Å². The first kappa shape index (κ1) is 18.8. The molecule has 1 aromatic carbocycles. The number of imidazole rings is 1. The SMILES string of the molecule is Cc1cccn2cc(CNC(=O)C3=NN(Cc4ccc(F)cc4)C(=O)CC3)nc12. The smallest absolute Gasteiger partial charge is 0.267 e. The lowest BCUT2D eigenvalue weighted by atomic mass is 10.1. The number of hydrazone groups is 1. The third-order valence-electron chi connectivity index (χ3n) is 4.77. The fraction of sp³-hybridized carbons (Fsp3) is 0.238. The molecule has 1 aliphatic heterocycles. The molecule has 3 heterocycles. The topological polar surface area (TPSA) is 79.1 Å². The molecular weight excluding hydrogens is 373 g/mol. The number of aryl methyl sites for hydroxylation is 1. The van der Waals surface area contributed by atoms with Gasteiger partial charge in [0.05, 0.1) is 18.8 Å². The molecule has 29 heavy (non-hydrogen) atoms. The molecule has 0 radical (unpaired) electrons. The summed E-state index contributed by atoms with van der Waals surface area (Å²) in [5.74, 6) is -0.832. The molecule has 0 bridgehead atoms. The molecule has 0 aliphatic carbocycles. The Balaban J connectivity index is 1.43. The predicted molar refractivity (Wildman–Crippen MR) is 105 cm³/mol. The van der Waals surface area contributed by atoms with Crippen molar-refractivity contribution < 1.29 is 14.0 Å². The lowest BCUT2D eigenvalue weighted by Gasteiger charge is -2.23. The molecule has 0 unspecified atom stereocenters. The van der Waals surface area contributed by atoms with Crippen LogP contribution in [0.15, 0.2) is 53.9 Å². The van der Waals surface area contributed by atoms with E-state index >= 15 is 0 Å². The zero-order valence-electron chi connectivity index (χ0n) is 15.9. The zero-order chi connectivity index (χ0) is 20.4. The molecule has 2 aromatic heterocycles. The molecule has 0 spiro atoms. The maximum absolute atomic E-state index is 13.1. The number of carbonyl (C=O) groups excluding carboxylic acids is 2. The highest BCUT2D eigenvalue weighted by Gasteiger charge is 2.24. The van der Waals surface area contributed by atoms with E-state index in [4.69, 9.17) is 0 Å². The first-order valence-electron chi connectivity index (χ1n) is 9.33. The predicted octanol–water partition coefficient (Wildman–Crippen LogP) is 2.58. The highest BCUT2D eigenvalue weighted by atomic mass is 19.1. The Morgan fingerprint density at radius 2 is 2.00 bits per heavy atom. The van der Waals surface area contributed by atoms with Gasteiger partial charge in [0.15, 0.2) is 0 Å². The van der Waals surface area contributed by atoms with Crippen molar-refractivity contribution >= 4 is 23.2 Å². The Morgan fingerprint density at radius 3 is 2.76 bits per heavy atom. The van der Waals surface area contributed by atoms with Gasteiger partial charge in [-0.3, -0.25) is 9.59 Å². The monoisotopic (exact) mass is 393 g/mol. The summed E-state index contributed by atoms with van der Waals surface area (Å²) in [6, 6.07) is 9.77. The van der Waals surface area contributed by atoms with Crippen LogP contribution in [-0.4, -0.2) is 31.9 Å². The summed E-state index contributed by atoms with van der Waals surface area (Å²) in [5.41, 5.74) is 3.68. The molecule has 148 valence electrons. The first-order chi connectivity index (χ1) is 14.0. The van der Waals surface area contributed by atoms with Crippen LogP contribution in [0.5, 0.6) is 0 Å². The Morgan fingerprint density at radius 1 is 1.21 bits per heavy atom. The maximum atomic E-state index is 13.1. The van der Waals surface area contributed by atoms with Crippen LogP contribution in [0.2, 0.25) is 0 Å². The largest absolute Gasteiger partial charge is 0.345 e. The van der Waals surface area contributed by atoms with Crippen LogP contribution >= 0.6 is 0 Å². The number of nitrogens with zero attached hydrogens (tertiary/aromatic N) is 4. The summed E-state index contributed by atoms with van der Waals surface area (Å²) in [4.78, 5) is 29.2. The van der Waals surface area contributed by atoms with Gasteiger partial charge in [0.1, 0.15) is 17.2 Å². The van der Waals surface area contributed by atoms with E-state index < -0.39 is 0 Å². The van der Waals surface area contributed by atoms with Crippen LogP contribution < -0.4 is 5.32 Å². The van der Waals surface area contributed by atoms with Crippen molar-refractivity contribution in [2.45, 2.75) is 32.9 Å². The summed E-state index contributed by atoms with van der Waals surface area (Å²) < 4.78 is 15.0. The molecule has 1 aliphatic rings. The van der Waals surface area contributed by atoms with Crippen LogP contribution in [0.25, 0.3) is 5.65 Å². The van der Waals surface area contributed by atoms with Crippen LogP contribution in [0.1, 0.15) is 29.7 Å². The highest BCUT2D eigenvalue weighted by molar-refractivity contribution is 6.39. The van der Waals surface area contributed by atoms with Crippen molar-refractivity contribution in [2.24, 2.45) is 5.10 Å². The minimum absolute atomic E-state index is 0.165. The van der Waals surface area contributed by atoms with Gasteiger partial charge in [0.2, 0.25) is 5.91 Å². The molecule has 0 saturated heterocycles. The van der Waals surface area contributed by atoms with Gasteiger partial charge >= 0.3 is 0 Å². The molecule has 8 heteroatoms. The van der Waals surface area contributed by atoms with Crippen molar-refractivity contribution in [3.63, 3.8) is 0 Å². The maximum Gasteiger partial charge on any atom is 0.267 e. The van der Waals surface area contributed by atoms with Crippen LogP contribution in [0.4, 0.5) is 4.39 Å². The summed E-state index contributed by atoms with van der Waals surface area (Å²) in [6.07, 6.45) is 4.27. The molecule has 3 aromatic rings. The molecule has 1 N–H and O–H groups in total. The minimum atomic E-state index is -0.343. The Kier molecular flexibility index (Phi) is 5.07. The number of carbonyl (C=O) groups is 2. The third-order valence-corrected chi connectivity index (χ3v) is 4.77. The summed E-state index contributed by atoms with van der Waals surface area (Å²) in [7, 11) is 0. The Hall–Kier alpha value is -3.55. The van der Waals surface area contributed by atoms with E-state index in [0.29, 0.717) is 5.71 Å². The summed E-state index contributed by atoms with van der Waals surface area (Å²) in [5, 5.41) is 8.31. The number of hydrogen-bond acceptors (Lipinski definition) is 4. The lowest BCUT2D eigenvalue weighted by Crippen LogP contribution is -2.38. The number of pyridine rings is 1. The van der Waals surface area contributed by atoms with Gasteiger partial charge in [0.25, 0.3) is 5.91 Å². The number of nitrogens with one attached hydrogen (secondary N) is 1. The van der Waals surface area contributed by atoms with Crippen LogP contribution in [-0.2, 0) is 22.7 Å². The van der Waals surface area contributed by atoms with Gasteiger partial charge in [-0.15, -0.1) is 0 Å². The highest BCUT2D eigenvalue weighted by Crippen LogP contribution is 2.15. The first-order valence-corrected chi connectivity index (χ1v) is 9.33. The van der Waals surface area contributed by atoms with Gasteiger partial charge in [-0.25, -0.2) is 14.4 Å². The number of hydrogen-bond donors (Lipinski definition) is 1. The quantitative estimate of drug-likeness (QED) is 0.724. The number of benzene rings is 1. The van der Waals surface area contributed by atoms with Crippen molar-refractivity contribution in [3.8, 4) is 0 Å². The van der Waals surface area contributed by atoms with Crippen molar-refractivity contribution in [1.29, 1.82) is 0 Å². The van der Waals surface area contributed by atoms with Gasteiger partial charge in [-0.2, -0.15) is 5.10 Å². The summed E-state index contributed by atoms with van der Waals surface area (Å²) in [6.45, 7) is 2.45. The van der Waals surface area contributed by atoms with Crippen molar-refractivity contribution in [2.75, 3.05) is 0 Å². The van der Waals surface area contributed by atoms with Crippen molar-refractivity contribution in [1.82, 2.24) is 19.7 Å². The van der Waals surface area contributed by atoms with E-state index in [-0.39, 0.29) is 43.6 Å². The summed E-state index contributed by atoms with van der Waals surface area (Å²) >= 11 is 0. The fourth-order valence-corrected chi connectivity index (χ4v) is 3.21. The number of rotatable bonds is 5. The zero-order valence-corrected chi connectivity index (χ0v) is 15.9. The molecule has 7 nitrogen and oxygen atoms in total. The van der Waals surface area contributed by atoms with E-state index in [2.05, 4.69) is 15.4 Å². The Bertz CT molecular complexity index is 1100. The third kappa shape index (κ3) is 4.16. The number of amides is 2. The van der Waals surface area contributed by atoms with E-state index in [9.17, 15) is 14.0 Å². The Labute approximate surface area is 166 Å². The molecule has 0 atom stereocenters. The normalized spacial score (nSPS) is 14.2. The van der Waals surface area contributed by atoms with Crippen LogP contribution in [0.3, 0.4) is 0 Å². The van der Waals surface area contributed by atoms with E-state index in [1.54, 1.807) is 12.1 Å². The minimum Gasteiger partial charge on any atom is -0.345 e. The molecule has 0 saturated carbocycles. The number of aromatic nitrogens is 2. The van der Waals surface area contributed by atoms with Gasteiger partial charge in [-0.05, 0) is 36.2 Å². The van der Waals surface area contributed by atoms with Gasteiger partial charge in [0, 0.05) is 25.2 Å². The average molecular weight is 393 g/mol. The lowest BCUT2D eigenvalue weighted by molar-refractivity contribution is -0.132. The molecule has 2 amide bonds. The second-order valence-corrected chi connectivity index (χ2v) is 6.96. The second-order valence-electron chi connectivity index (χ2n) is 6.96. The van der Waals surface area contributed by atoms with Gasteiger partial charge < -0.3 is 9.72 Å². The van der Waals surface area contributed by atoms with Crippen LogP contribution in [0, 0.1) is 12.7 Å². The molecular formula is C21H20FN5O2. The molecule has 0 fully saturated rings. The number of fused-ring (bicyclic) bond motifs is 1. The van der Waals surface area contributed by atoms with E-state index in [1.165, 1.54) is 17.1 Å². The standard InChI is InChI=1S/C21H20FN5O2/c1-14-3-2-10-26-13-17(24-20(14)26)11-23-21(29)18-8-9-19(28)27(25-18)12-15-4-6-16(22)7-5-15/h2-7,10,13H,8-9,11-12H2,1H3,(H,23,29). The second kappa shape index (κ2) is 7.83.